The Morgan fingerprint density at radius 1 is 1.44 bits per heavy atom. The van der Waals surface area contributed by atoms with Gasteiger partial charge in [-0.05, 0) is 28.4 Å². The number of para-hydroxylation sites is 1. The minimum absolute atomic E-state index is 0.448. The fourth-order valence-corrected chi connectivity index (χ4v) is 2.53. The van der Waals surface area contributed by atoms with Gasteiger partial charge in [0.25, 0.3) is 0 Å². The molecule has 18 heavy (non-hydrogen) atoms. The van der Waals surface area contributed by atoms with Crippen LogP contribution in [0, 0.1) is 0 Å². The SMILES string of the molecule is CCC(=CCn1cc(Br)c2ccccc21)C(=O)O. The van der Waals surface area contributed by atoms with E-state index in [1.165, 1.54) is 0 Å². The van der Waals surface area contributed by atoms with Crippen molar-refractivity contribution in [2.45, 2.75) is 19.9 Å². The molecule has 94 valence electrons. The van der Waals surface area contributed by atoms with Gasteiger partial charge in [0.2, 0.25) is 0 Å². The monoisotopic (exact) mass is 307 g/mol. The van der Waals surface area contributed by atoms with Crippen LogP contribution < -0.4 is 0 Å². The Morgan fingerprint density at radius 2 is 2.17 bits per heavy atom. The zero-order chi connectivity index (χ0) is 13.1. The van der Waals surface area contributed by atoms with E-state index in [-0.39, 0.29) is 0 Å². The number of carboxylic acids is 1. The standard InChI is InChI=1S/C14H14BrNO2/c1-2-10(14(17)18)7-8-16-9-12(15)11-5-3-4-6-13(11)16/h3-7,9H,2,8H2,1H3,(H,17,18). The van der Waals surface area contributed by atoms with Crippen LogP contribution in [0.3, 0.4) is 0 Å². The van der Waals surface area contributed by atoms with Gasteiger partial charge < -0.3 is 9.67 Å². The predicted octanol–water partition coefficient (Wildman–Crippen LogP) is 3.82. The van der Waals surface area contributed by atoms with Crippen LogP contribution in [0.15, 0.2) is 46.6 Å². The molecule has 0 amide bonds. The molecular weight excluding hydrogens is 294 g/mol. The molecule has 0 radical (unpaired) electrons. The molecule has 1 heterocycles. The van der Waals surface area contributed by atoms with Gasteiger partial charge in [0.1, 0.15) is 0 Å². The van der Waals surface area contributed by atoms with Gasteiger partial charge in [-0.25, -0.2) is 4.79 Å². The first-order valence-corrected chi connectivity index (χ1v) is 6.58. The number of carbonyl (C=O) groups is 1. The molecule has 1 N–H and O–H groups in total. The van der Waals surface area contributed by atoms with E-state index in [0.717, 1.165) is 15.4 Å². The quantitative estimate of drug-likeness (QED) is 0.872. The molecule has 3 nitrogen and oxygen atoms in total. The third-order valence-corrected chi connectivity index (χ3v) is 3.56. The number of hydrogen-bond donors (Lipinski definition) is 1. The van der Waals surface area contributed by atoms with Gasteiger partial charge in [-0.1, -0.05) is 31.2 Å². The van der Waals surface area contributed by atoms with Gasteiger partial charge in [-0.2, -0.15) is 0 Å². The molecule has 0 aliphatic carbocycles. The number of aliphatic carboxylic acids is 1. The maximum absolute atomic E-state index is 10.9. The van der Waals surface area contributed by atoms with Gasteiger partial charge >= 0.3 is 5.97 Å². The summed E-state index contributed by atoms with van der Waals surface area (Å²) in [5.74, 6) is -0.840. The third-order valence-electron chi connectivity index (χ3n) is 2.93. The van der Waals surface area contributed by atoms with E-state index in [9.17, 15) is 4.79 Å². The van der Waals surface area contributed by atoms with Gasteiger partial charge in [0.05, 0.1) is 0 Å². The number of nitrogens with zero attached hydrogens (tertiary/aromatic N) is 1. The summed E-state index contributed by atoms with van der Waals surface area (Å²) in [7, 11) is 0. The summed E-state index contributed by atoms with van der Waals surface area (Å²) >= 11 is 3.51. The molecule has 1 aromatic heterocycles. The summed E-state index contributed by atoms with van der Waals surface area (Å²) in [5.41, 5.74) is 1.55. The lowest BCUT2D eigenvalue weighted by Gasteiger charge is -2.02. The Labute approximate surface area is 114 Å². The Balaban J connectivity index is 2.35. The summed E-state index contributed by atoms with van der Waals surface area (Å²) in [6, 6.07) is 8.03. The van der Waals surface area contributed by atoms with E-state index in [2.05, 4.69) is 15.9 Å². The topological polar surface area (TPSA) is 42.2 Å². The molecule has 0 atom stereocenters. The van der Waals surface area contributed by atoms with Crippen LogP contribution >= 0.6 is 15.9 Å². The summed E-state index contributed by atoms with van der Waals surface area (Å²) < 4.78 is 3.07. The molecule has 0 saturated heterocycles. The maximum Gasteiger partial charge on any atom is 0.331 e. The van der Waals surface area contributed by atoms with E-state index in [1.807, 2.05) is 42.0 Å². The average Bonchev–Trinajstić information content (AvgIpc) is 2.68. The van der Waals surface area contributed by atoms with Crippen molar-refractivity contribution in [2.75, 3.05) is 0 Å². The number of benzene rings is 1. The molecule has 1 aromatic carbocycles. The lowest BCUT2D eigenvalue weighted by Crippen LogP contribution is -2.02. The van der Waals surface area contributed by atoms with Crippen molar-refractivity contribution < 1.29 is 9.90 Å². The van der Waals surface area contributed by atoms with Crippen LogP contribution in [0.25, 0.3) is 10.9 Å². The number of halogens is 1. The Bertz CT molecular complexity index is 613. The van der Waals surface area contributed by atoms with E-state index < -0.39 is 5.97 Å². The van der Waals surface area contributed by atoms with Crippen LogP contribution in [-0.4, -0.2) is 15.6 Å². The summed E-state index contributed by atoms with van der Waals surface area (Å²) in [6.07, 6.45) is 4.28. The third kappa shape index (κ3) is 2.48. The zero-order valence-electron chi connectivity index (χ0n) is 10.1. The van der Waals surface area contributed by atoms with Crippen molar-refractivity contribution in [1.29, 1.82) is 0 Å². The van der Waals surface area contributed by atoms with E-state index in [1.54, 1.807) is 6.08 Å². The van der Waals surface area contributed by atoms with E-state index >= 15 is 0 Å². The van der Waals surface area contributed by atoms with Crippen molar-refractivity contribution in [2.24, 2.45) is 0 Å². The fourth-order valence-electron chi connectivity index (χ4n) is 1.94. The Kier molecular flexibility index (Phi) is 3.87. The normalized spacial score (nSPS) is 12.0. The maximum atomic E-state index is 10.9. The van der Waals surface area contributed by atoms with Gasteiger partial charge in [-0.15, -0.1) is 0 Å². The second-order valence-electron chi connectivity index (χ2n) is 4.03. The number of hydrogen-bond acceptors (Lipinski definition) is 1. The number of carboxylic acid groups (broad SMARTS) is 1. The van der Waals surface area contributed by atoms with Crippen molar-refractivity contribution in [3.05, 3.63) is 46.6 Å². The first kappa shape index (κ1) is 12.9. The van der Waals surface area contributed by atoms with Crippen molar-refractivity contribution in [3.63, 3.8) is 0 Å². The minimum atomic E-state index is -0.840. The van der Waals surface area contributed by atoms with E-state index in [4.69, 9.17) is 5.11 Å². The molecule has 2 rings (SSSR count). The first-order valence-electron chi connectivity index (χ1n) is 5.79. The van der Waals surface area contributed by atoms with Crippen molar-refractivity contribution in [3.8, 4) is 0 Å². The van der Waals surface area contributed by atoms with E-state index in [0.29, 0.717) is 18.5 Å². The molecule has 0 spiro atoms. The molecule has 0 unspecified atom stereocenters. The number of rotatable bonds is 4. The molecule has 0 aliphatic heterocycles. The van der Waals surface area contributed by atoms with Crippen LogP contribution in [0.1, 0.15) is 13.3 Å². The highest BCUT2D eigenvalue weighted by atomic mass is 79.9. The summed E-state index contributed by atoms with van der Waals surface area (Å²) in [4.78, 5) is 10.9. The molecule has 2 aromatic rings. The molecule has 0 saturated carbocycles. The fraction of sp³-hybridized carbons (Fsp3) is 0.214. The largest absolute Gasteiger partial charge is 0.478 e. The van der Waals surface area contributed by atoms with Crippen LogP contribution in [0.5, 0.6) is 0 Å². The number of allylic oxidation sites excluding steroid dienone is 1. The summed E-state index contributed by atoms with van der Waals surface area (Å²) in [6.45, 7) is 2.42. The van der Waals surface area contributed by atoms with Gasteiger partial charge in [0.15, 0.2) is 0 Å². The Hall–Kier alpha value is -1.55. The number of aromatic nitrogens is 1. The number of fused-ring (bicyclic) bond motifs is 1. The van der Waals surface area contributed by atoms with Crippen molar-refractivity contribution >= 4 is 32.8 Å². The molecule has 4 heteroatoms. The molecule has 0 fully saturated rings. The Morgan fingerprint density at radius 3 is 2.83 bits per heavy atom. The minimum Gasteiger partial charge on any atom is -0.478 e. The van der Waals surface area contributed by atoms with Gasteiger partial charge in [0, 0.05) is 33.7 Å². The average molecular weight is 308 g/mol. The highest BCUT2D eigenvalue weighted by Crippen LogP contribution is 2.26. The zero-order valence-corrected chi connectivity index (χ0v) is 11.6. The smallest absolute Gasteiger partial charge is 0.331 e. The van der Waals surface area contributed by atoms with Crippen LogP contribution in [-0.2, 0) is 11.3 Å². The van der Waals surface area contributed by atoms with Crippen molar-refractivity contribution in [1.82, 2.24) is 4.57 Å². The molecule has 0 aliphatic rings. The van der Waals surface area contributed by atoms with Crippen LogP contribution in [0.4, 0.5) is 0 Å². The second kappa shape index (κ2) is 5.40. The first-order chi connectivity index (χ1) is 8.63. The molecular formula is C14H14BrNO2. The second-order valence-corrected chi connectivity index (χ2v) is 4.89. The van der Waals surface area contributed by atoms with Crippen LogP contribution in [0.2, 0.25) is 0 Å². The lowest BCUT2D eigenvalue weighted by molar-refractivity contribution is -0.132. The van der Waals surface area contributed by atoms with Gasteiger partial charge in [-0.3, -0.25) is 0 Å². The highest BCUT2D eigenvalue weighted by Gasteiger charge is 2.06. The predicted molar refractivity (Wildman–Crippen MR) is 75.6 cm³/mol. The lowest BCUT2D eigenvalue weighted by atomic mass is 10.2. The molecule has 0 bridgehead atoms. The summed E-state index contributed by atoms with van der Waals surface area (Å²) in [5, 5.41) is 10.1. The highest BCUT2D eigenvalue weighted by molar-refractivity contribution is 9.10.